The maximum absolute atomic E-state index is 13.1. The highest BCUT2D eigenvalue weighted by molar-refractivity contribution is 9.10. The van der Waals surface area contributed by atoms with Gasteiger partial charge >= 0.3 is 0 Å². The molecule has 1 aliphatic rings. The molecule has 1 aromatic rings. The fraction of sp³-hybridized carbons (Fsp3) is 0.250. The third kappa shape index (κ3) is 2.18. The molecule has 1 unspecified atom stereocenters. The quantitative estimate of drug-likeness (QED) is 0.577. The average molecular weight is 300 g/mol. The molecule has 0 radical (unpaired) electrons. The number of carbonyl (C=O) groups excluding carboxylic acids is 1. The summed E-state index contributed by atoms with van der Waals surface area (Å²) in [6.07, 6.45) is 5.49. The van der Waals surface area contributed by atoms with Crippen LogP contribution in [0.5, 0.6) is 0 Å². The first kappa shape index (κ1) is 12.1. The summed E-state index contributed by atoms with van der Waals surface area (Å²) < 4.78 is 26.4. The van der Waals surface area contributed by atoms with Crippen molar-refractivity contribution in [2.45, 2.75) is 6.42 Å². The number of halogens is 3. The monoisotopic (exact) mass is 299 g/mol. The van der Waals surface area contributed by atoms with Crippen molar-refractivity contribution < 1.29 is 13.6 Å². The molecule has 1 aromatic carbocycles. The highest BCUT2D eigenvalue weighted by Gasteiger charge is 2.31. The molecular formula is C12H8BrF2NO. The molecular weight excluding hydrogens is 292 g/mol. The summed E-state index contributed by atoms with van der Waals surface area (Å²) in [5, 5.41) is 0. The molecule has 0 aromatic heterocycles. The Hall–Kier alpha value is -1.41. The van der Waals surface area contributed by atoms with Gasteiger partial charge in [-0.2, -0.15) is 0 Å². The van der Waals surface area contributed by atoms with Gasteiger partial charge in [-0.25, -0.2) is 8.78 Å². The van der Waals surface area contributed by atoms with Gasteiger partial charge in [0.1, 0.15) is 0 Å². The number of nitrogens with zero attached hydrogens (tertiary/aromatic N) is 1. The van der Waals surface area contributed by atoms with E-state index < -0.39 is 11.6 Å². The summed E-state index contributed by atoms with van der Waals surface area (Å²) in [6.45, 7) is 0.332. The van der Waals surface area contributed by atoms with E-state index in [1.807, 2.05) is 0 Å². The van der Waals surface area contributed by atoms with Crippen molar-refractivity contribution in [2.24, 2.45) is 5.92 Å². The third-order valence-corrected chi connectivity index (χ3v) is 3.28. The predicted octanol–water partition coefficient (Wildman–Crippen LogP) is 2.71. The van der Waals surface area contributed by atoms with Gasteiger partial charge in [-0.1, -0.05) is 0 Å². The van der Waals surface area contributed by atoms with Crippen molar-refractivity contribution in [2.75, 3.05) is 11.4 Å². The van der Waals surface area contributed by atoms with Crippen LogP contribution >= 0.6 is 15.9 Å². The Labute approximate surface area is 106 Å². The van der Waals surface area contributed by atoms with Crippen molar-refractivity contribution >= 4 is 27.5 Å². The van der Waals surface area contributed by atoms with Crippen molar-refractivity contribution in [1.29, 1.82) is 0 Å². The molecule has 0 spiro atoms. The SMILES string of the molecule is C#CC1CC(=O)N(c2cc(F)c(F)cc2Br)C1. The molecule has 1 aliphatic heterocycles. The van der Waals surface area contributed by atoms with E-state index in [0.717, 1.165) is 12.1 Å². The number of carbonyl (C=O) groups is 1. The number of benzene rings is 1. The Bertz CT molecular complexity index is 524. The molecule has 0 saturated carbocycles. The topological polar surface area (TPSA) is 20.3 Å². The van der Waals surface area contributed by atoms with Crippen molar-refractivity contribution in [3.63, 3.8) is 0 Å². The van der Waals surface area contributed by atoms with Gasteiger partial charge in [-0.15, -0.1) is 12.3 Å². The van der Waals surface area contributed by atoms with Gasteiger partial charge < -0.3 is 4.90 Å². The van der Waals surface area contributed by atoms with Gasteiger partial charge in [0, 0.05) is 29.4 Å². The molecule has 2 nitrogen and oxygen atoms in total. The predicted molar refractivity (Wildman–Crippen MR) is 63.4 cm³/mol. The molecule has 0 bridgehead atoms. The minimum Gasteiger partial charge on any atom is -0.310 e. The number of amides is 1. The van der Waals surface area contributed by atoms with Crippen LogP contribution in [0, 0.1) is 29.9 Å². The molecule has 1 amide bonds. The second kappa shape index (κ2) is 4.46. The Balaban J connectivity index is 2.39. The van der Waals surface area contributed by atoms with E-state index in [-0.39, 0.29) is 18.2 Å². The fourth-order valence-electron chi connectivity index (χ4n) is 1.77. The molecule has 1 heterocycles. The van der Waals surface area contributed by atoms with Crippen LogP contribution in [0.4, 0.5) is 14.5 Å². The first-order chi connectivity index (χ1) is 8.02. The number of anilines is 1. The van der Waals surface area contributed by atoms with Crippen LogP contribution in [0.15, 0.2) is 16.6 Å². The zero-order valence-corrected chi connectivity index (χ0v) is 10.3. The van der Waals surface area contributed by atoms with Crippen LogP contribution in [0.3, 0.4) is 0 Å². The fourth-order valence-corrected chi connectivity index (χ4v) is 2.30. The summed E-state index contributed by atoms with van der Waals surface area (Å²) in [6, 6.07) is 2.00. The van der Waals surface area contributed by atoms with Gasteiger partial charge in [0.05, 0.1) is 5.69 Å². The lowest BCUT2D eigenvalue weighted by Gasteiger charge is -2.17. The van der Waals surface area contributed by atoms with Gasteiger partial charge in [0.2, 0.25) is 5.91 Å². The Morgan fingerprint density at radius 1 is 1.41 bits per heavy atom. The Kier molecular flexibility index (Phi) is 3.16. The summed E-state index contributed by atoms with van der Waals surface area (Å²) >= 11 is 3.11. The Morgan fingerprint density at radius 3 is 2.65 bits per heavy atom. The normalized spacial score (nSPS) is 19.5. The summed E-state index contributed by atoms with van der Waals surface area (Å²) in [7, 11) is 0. The van der Waals surface area contributed by atoms with Gasteiger partial charge in [-0.3, -0.25) is 4.79 Å². The summed E-state index contributed by atoms with van der Waals surface area (Å²) in [5.41, 5.74) is 0.312. The van der Waals surface area contributed by atoms with Crippen molar-refractivity contribution in [3.8, 4) is 12.3 Å². The summed E-state index contributed by atoms with van der Waals surface area (Å²) in [4.78, 5) is 13.1. The molecule has 5 heteroatoms. The average Bonchev–Trinajstić information content (AvgIpc) is 2.65. The maximum Gasteiger partial charge on any atom is 0.228 e. The van der Waals surface area contributed by atoms with Gasteiger partial charge in [-0.05, 0) is 22.0 Å². The van der Waals surface area contributed by atoms with Gasteiger partial charge in [0.15, 0.2) is 11.6 Å². The molecule has 2 rings (SSSR count). The van der Waals surface area contributed by atoms with E-state index in [2.05, 4.69) is 21.9 Å². The maximum atomic E-state index is 13.1. The van der Waals surface area contributed by atoms with Gasteiger partial charge in [0.25, 0.3) is 0 Å². The molecule has 88 valence electrons. The zero-order valence-electron chi connectivity index (χ0n) is 8.71. The Morgan fingerprint density at radius 2 is 2.06 bits per heavy atom. The van der Waals surface area contributed by atoms with E-state index in [1.54, 1.807) is 0 Å². The number of hydrogen-bond donors (Lipinski definition) is 0. The highest BCUT2D eigenvalue weighted by Crippen LogP contribution is 2.32. The van der Waals surface area contributed by atoms with E-state index in [0.29, 0.717) is 16.7 Å². The molecule has 1 fully saturated rings. The van der Waals surface area contributed by atoms with Crippen LogP contribution in [0.2, 0.25) is 0 Å². The second-order valence-electron chi connectivity index (χ2n) is 3.79. The molecule has 17 heavy (non-hydrogen) atoms. The number of hydrogen-bond acceptors (Lipinski definition) is 1. The second-order valence-corrected chi connectivity index (χ2v) is 4.64. The molecule has 1 atom stereocenters. The minimum absolute atomic E-state index is 0.178. The standard InChI is InChI=1S/C12H8BrF2NO/c1-2-7-3-12(17)16(6-7)11-5-10(15)9(14)4-8(11)13/h1,4-5,7H,3,6H2. The van der Waals surface area contributed by atoms with Crippen molar-refractivity contribution in [3.05, 3.63) is 28.2 Å². The van der Waals surface area contributed by atoms with Crippen LogP contribution in [-0.2, 0) is 4.79 Å². The number of rotatable bonds is 1. The lowest BCUT2D eigenvalue weighted by atomic mass is 10.1. The minimum atomic E-state index is -0.986. The smallest absolute Gasteiger partial charge is 0.228 e. The van der Waals surface area contributed by atoms with E-state index in [4.69, 9.17) is 6.42 Å². The van der Waals surface area contributed by atoms with E-state index in [9.17, 15) is 13.6 Å². The van der Waals surface area contributed by atoms with E-state index in [1.165, 1.54) is 4.90 Å². The summed E-state index contributed by atoms with van der Waals surface area (Å²) in [5.74, 6) is 0.191. The highest BCUT2D eigenvalue weighted by atomic mass is 79.9. The van der Waals surface area contributed by atoms with Crippen LogP contribution in [0.1, 0.15) is 6.42 Å². The van der Waals surface area contributed by atoms with Crippen LogP contribution < -0.4 is 4.90 Å². The largest absolute Gasteiger partial charge is 0.310 e. The molecule has 0 N–H and O–H groups in total. The first-order valence-corrected chi connectivity index (χ1v) is 5.73. The zero-order chi connectivity index (χ0) is 12.6. The molecule has 1 saturated heterocycles. The molecule has 0 aliphatic carbocycles. The van der Waals surface area contributed by atoms with Crippen LogP contribution in [0.25, 0.3) is 0 Å². The van der Waals surface area contributed by atoms with Crippen LogP contribution in [-0.4, -0.2) is 12.5 Å². The first-order valence-electron chi connectivity index (χ1n) is 4.94. The lowest BCUT2D eigenvalue weighted by Crippen LogP contribution is -2.25. The lowest BCUT2D eigenvalue weighted by molar-refractivity contribution is -0.117. The van der Waals surface area contributed by atoms with Crippen molar-refractivity contribution in [1.82, 2.24) is 0 Å². The number of terminal acetylenes is 1. The third-order valence-electron chi connectivity index (χ3n) is 2.64. The van der Waals surface area contributed by atoms with E-state index >= 15 is 0 Å².